The van der Waals surface area contributed by atoms with Gasteiger partial charge in [0.25, 0.3) is 0 Å². The Bertz CT molecular complexity index is 572. The molecule has 2 aromatic heterocycles. The number of fused-ring (bicyclic) bond motifs is 1. The van der Waals surface area contributed by atoms with E-state index in [1.165, 1.54) is 0 Å². The first-order chi connectivity index (χ1) is 9.31. The van der Waals surface area contributed by atoms with Crippen LogP contribution in [0, 0.1) is 0 Å². The third kappa shape index (κ3) is 3.27. The Balaban J connectivity index is 1.88. The summed E-state index contributed by atoms with van der Waals surface area (Å²) in [6, 6.07) is 2.06. The molecule has 4 nitrogen and oxygen atoms in total. The first-order valence-corrected chi connectivity index (χ1v) is 10.1. The van der Waals surface area contributed by atoms with Crippen molar-refractivity contribution >= 4 is 19.4 Å². The van der Waals surface area contributed by atoms with Crippen molar-refractivity contribution in [2.75, 3.05) is 6.61 Å². The van der Waals surface area contributed by atoms with Gasteiger partial charge in [-0.05, 0) is 30.6 Å². The molecule has 0 amide bonds. The van der Waals surface area contributed by atoms with E-state index in [0.29, 0.717) is 0 Å². The summed E-state index contributed by atoms with van der Waals surface area (Å²) in [5.41, 5.74) is 1.01. The molecular formula is C15H25N3OSi. The zero-order valence-electron chi connectivity index (χ0n) is 13.2. The number of hydrogen-bond donors (Lipinski definition) is 0. The summed E-state index contributed by atoms with van der Waals surface area (Å²) in [6.45, 7) is 13.2. The quantitative estimate of drug-likeness (QED) is 0.620. The Labute approximate surface area is 122 Å². The monoisotopic (exact) mass is 291 g/mol. The molecule has 0 atom stereocenters. The summed E-state index contributed by atoms with van der Waals surface area (Å²) in [7, 11) is -1.62. The Morgan fingerprint density at radius 3 is 2.75 bits per heavy atom. The number of aromatic nitrogens is 3. The van der Waals surface area contributed by atoms with E-state index in [-0.39, 0.29) is 5.04 Å². The maximum absolute atomic E-state index is 6.20. The summed E-state index contributed by atoms with van der Waals surface area (Å²) in [5, 5.41) is 1.37. The maximum Gasteiger partial charge on any atom is 0.191 e. The van der Waals surface area contributed by atoms with E-state index in [4.69, 9.17) is 4.43 Å². The molecule has 0 bridgehead atoms. The topological polar surface area (TPSA) is 39.9 Å². The van der Waals surface area contributed by atoms with Crippen LogP contribution in [0.2, 0.25) is 18.1 Å². The molecule has 0 aliphatic heterocycles. The van der Waals surface area contributed by atoms with Crippen LogP contribution in [0.5, 0.6) is 0 Å². The van der Waals surface area contributed by atoms with Gasteiger partial charge in [0.1, 0.15) is 12.0 Å². The molecule has 2 heterocycles. The van der Waals surface area contributed by atoms with E-state index in [0.717, 1.165) is 30.6 Å². The van der Waals surface area contributed by atoms with E-state index >= 15 is 0 Å². The highest BCUT2D eigenvalue weighted by atomic mass is 28.4. The molecule has 0 radical (unpaired) electrons. The summed E-state index contributed by atoms with van der Waals surface area (Å²) in [5.74, 6) is 0. The van der Waals surface area contributed by atoms with Crippen LogP contribution in [0.3, 0.4) is 0 Å². The van der Waals surface area contributed by atoms with Gasteiger partial charge in [0, 0.05) is 30.9 Å². The standard InChI is InChI=1S/C15H25N3OSi/c1-15(2,3)20(4,5)19-10-6-8-18-9-7-13-11-16-12-17-14(13)18/h7,9,11-12H,6,8,10H2,1-5H3. The SMILES string of the molecule is CC(C)(C)[Si](C)(C)OCCCn1ccc2cncnc21. The third-order valence-electron chi connectivity index (χ3n) is 4.24. The van der Waals surface area contributed by atoms with E-state index in [2.05, 4.69) is 60.7 Å². The van der Waals surface area contributed by atoms with Crippen LogP contribution in [0.1, 0.15) is 27.2 Å². The van der Waals surface area contributed by atoms with E-state index in [1.54, 1.807) is 6.33 Å². The molecule has 0 N–H and O–H groups in total. The summed E-state index contributed by atoms with van der Waals surface area (Å²) in [6.07, 6.45) is 6.54. The molecule has 5 heteroatoms. The van der Waals surface area contributed by atoms with Gasteiger partial charge in [-0.2, -0.15) is 0 Å². The fraction of sp³-hybridized carbons (Fsp3) is 0.600. The average molecular weight is 291 g/mol. The second-order valence-electron chi connectivity index (χ2n) is 6.77. The van der Waals surface area contributed by atoms with E-state index in [9.17, 15) is 0 Å². The highest BCUT2D eigenvalue weighted by molar-refractivity contribution is 6.74. The van der Waals surface area contributed by atoms with Crippen molar-refractivity contribution in [1.82, 2.24) is 14.5 Å². The second kappa shape index (κ2) is 5.66. The normalized spacial score (nSPS) is 13.1. The fourth-order valence-corrected chi connectivity index (χ4v) is 2.98. The van der Waals surface area contributed by atoms with Crippen molar-refractivity contribution in [3.63, 3.8) is 0 Å². The van der Waals surface area contributed by atoms with Crippen molar-refractivity contribution in [3.8, 4) is 0 Å². The van der Waals surface area contributed by atoms with Crippen LogP contribution < -0.4 is 0 Å². The zero-order valence-corrected chi connectivity index (χ0v) is 14.2. The predicted molar refractivity (Wildman–Crippen MR) is 85.3 cm³/mol. The predicted octanol–water partition coefficient (Wildman–Crippen LogP) is 3.84. The van der Waals surface area contributed by atoms with Crippen LogP contribution in [-0.2, 0) is 11.0 Å². The minimum absolute atomic E-state index is 0.278. The molecule has 2 rings (SSSR count). The van der Waals surface area contributed by atoms with Crippen molar-refractivity contribution < 1.29 is 4.43 Å². The molecule has 0 unspecified atom stereocenters. The number of aryl methyl sites for hydroxylation is 1. The molecule has 20 heavy (non-hydrogen) atoms. The van der Waals surface area contributed by atoms with Crippen molar-refractivity contribution in [2.24, 2.45) is 0 Å². The molecule has 0 aromatic carbocycles. The summed E-state index contributed by atoms with van der Waals surface area (Å²) >= 11 is 0. The Hall–Kier alpha value is -1.20. The van der Waals surface area contributed by atoms with Crippen LogP contribution >= 0.6 is 0 Å². The second-order valence-corrected chi connectivity index (χ2v) is 11.6. The first kappa shape index (κ1) is 15.2. The summed E-state index contributed by atoms with van der Waals surface area (Å²) in [4.78, 5) is 8.37. The minimum atomic E-state index is -1.62. The van der Waals surface area contributed by atoms with E-state index in [1.807, 2.05) is 6.20 Å². The van der Waals surface area contributed by atoms with E-state index < -0.39 is 8.32 Å². The number of rotatable bonds is 5. The van der Waals surface area contributed by atoms with Crippen LogP contribution in [-0.4, -0.2) is 29.5 Å². The number of nitrogens with zero attached hydrogens (tertiary/aromatic N) is 3. The number of hydrogen-bond acceptors (Lipinski definition) is 3. The third-order valence-corrected chi connectivity index (χ3v) is 8.78. The molecule has 2 aromatic rings. The molecule has 110 valence electrons. The van der Waals surface area contributed by atoms with Gasteiger partial charge in [0.15, 0.2) is 8.32 Å². The zero-order chi connectivity index (χ0) is 14.8. The fourth-order valence-electron chi connectivity index (χ4n) is 1.89. The van der Waals surface area contributed by atoms with Gasteiger partial charge in [-0.3, -0.25) is 0 Å². The van der Waals surface area contributed by atoms with Crippen LogP contribution in [0.25, 0.3) is 11.0 Å². The first-order valence-electron chi connectivity index (χ1n) is 7.20. The largest absolute Gasteiger partial charge is 0.417 e. The van der Waals surface area contributed by atoms with Crippen molar-refractivity contribution in [2.45, 2.75) is 51.9 Å². The average Bonchev–Trinajstić information content (AvgIpc) is 2.77. The van der Waals surface area contributed by atoms with Gasteiger partial charge >= 0.3 is 0 Å². The molecular weight excluding hydrogens is 266 g/mol. The van der Waals surface area contributed by atoms with Gasteiger partial charge < -0.3 is 8.99 Å². The highest BCUT2D eigenvalue weighted by Gasteiger charge is 2.36. The van der Waals surface area contributed by atoms with Gasteiger partial charge in [-0.1, -0.05) is 20.8 Å². The Kier molecular flexibility index (Phi) is 4.30. The minimum Gasteiger partial charge on any atom is -0.417 e. The maximum atomic E-state index is 6.20. The lowest BCUT2D eigenvalue weighted by Gasteiger charge is -2.36. The lowest BCUT2D eigenvalue weighted by molar-refractivity contribution is 0.275. The Morgan fingerprint density at radius 2 is 2.05 bits per heavy atom. The molecule has 0 saturated carbocycles. The van der Waals surface area contributed by atoms with Crippen LogP contribution in [0.15, 0.2) is 24.8 Å². The molecule has 0 aliphatic carbocycles. The smallest absolute Gasteiger partial charge is 0.191 e. The highest BCUT2D eigenvalue weighted by Crippen LogP contribution is 2.36. The summed E-state index contributed by atoms with van der Waals surface area (Å²) < 4.78 is 8.37. The van der Waals surface area contributed by atoms with Crippen molar-refractivity contribution in [1.29, 1.82) is 0 Å². The lowest BCUT2D eigenvalue weighted by Crippen LogP contribution is -2.41. The molecule has 0 spiro atoms. The van der Waals surface area contributed by atoms with Gasteiger partial charge in [0.2, 0.25) is 0 Å². The molecule has 0 fully saturated rings. The molecule has 0 saturated heterocycles. The van der Waals surface area contributed by atoms with Gasteiger partial charge in [-0.15, -0.1) is 0 Å². The Morgan fingerprint density at radius 1 is 1.30 bits per heavy atom. The van der Waals surface area contributed by atoms with Crippen molar-refractivity contribution in [3.05, 3.63) is 24.8 Å². The van der Waals surface area contributed by atoms with Gasteiger partial charge in [-0.25, -0.2) is 9.97 Å². The van der Waals surface area contributed by atoms with Gasteiger partial charge in [0.05, 0.1) is 0 Å². The lowest BCUT2D eigenvalue weighted by atomic mass is 10.2. The molecule has 0 aliphatic rings. The van der Waals surface area contributed by atoms with Crippen LogP contribution in [0.4, 0.5) is 0 Å².